The molecule has 1 aromatic carbocycles. The van der Waals surface area contributed by atoms with Crippen LogP contribution in [0.3, 0.4) is 0 Å². The van der Waals surface area contributed by atoms with E-state index in [1.54, 1.807) is 18.2 Å². The van der Waals surface area contributed by atoms with E-state index in [2.05, 4.69) is 22.5 Å². The molecule has 1 aromatic heterocycles. The summed E-state index contributed by atoms with van der Waals surface area (Å²) in [6.07, 6.45) is 1.93. The third kappa shape index (κ3) is 5.19. The molecule has 0 spiro atoms. The highest BCUT2D eigenvalue weighted by Crippen LogP contribution is 2.05. The maximum atomic E-state index is 12.2. The second-order valence-electron chi connectivity index (χ2n) is 5.69. The van der Waals surface area contributed by atoms with Crippen LogP contribution >= 0.6 is 0 Å². The van der Waals surface area contributed by atoms with Crippen molar-refractivity contribution in [3.05, 3.63) is 65.0 Å². The third-order valence-corrected chi connectivity index (χ3v) is 3.57. The summed E-state index contributed by atoms with van der Waals surface area (Å²) in [5.74, 6) is -0.545. The van der Waals surface area contributed by atoms with Gasteiger partial charge in [0.05, 0.1) is 0 Å². The van der Waals surface area contributed by atoms with Gasteiger partial charge in [-0.2, -0.15) is 0 Å². The van der Waals surface area contributed by atoms with Crippen molar-refractivity contribution in [2.45, 2.75) is 33.2 Å². The zero-order chi connectivity index (χ0) is 17.4. The number of nitrogens with one attached hydrogen (secondary N) is 2. The van der Waals surface area contributed by atoms with Crippen molar-refractivity contribution in [1.82, 2.24) is 15.6 Å². The van der Waals surface area contributed by atoms with Gasteiger partial charge in [0.15, 0.2) is 0 Å². The lowest BCUT2D eigenvalue weighted by molar-refractivity contribution is 0.0942. The maximum absolute atomic E-state index is 12.2. The molecule has 2 rings (SSSR count). The number of nitrogens with zero attached hydrogens (tertiary/aromatic N) is 1. The van der Waals surface area contributed by atoms with Crippen LogP contribution in [0.2, 0.25) is 0 Å². The molecule has 126 valence electrons. The van der Waals surface area contributed by atoms with Gasteiger partial charge in [-0.15, -0.1) is 0 Å². The molecule has 0 saturated heterocycles. The molecule has 0 atom stereocenters. The highest BCUT2D eigenvalue weighted by atomic mass is 16.2. The Morgan fingerprint density at radius 2 is 1.67 bits per heavy atom. The van der Waals surface area contributed by atoms with Gasteiger partial charge in [0.2, 0.25) is 0 Å². The van der Waals surface area contributed by atoms with Crippen molar-refractivity contribution in [2.24, 2.45) is 0 Å². The fraction of sp³-hybridized carbons (Fsp3) is 0.316. The summed E-state index contributed by atoms with van der Waals surface area (Å²) in [5, 5.41) is 5.62. The highest BCUT2D eigenvalue weighted by molar-refractivity contribution is 5.96. The second kappa shape index (κ2) is 8.82. The first-order chi connectivity index (χ1) is 11.6. The summed E-state index contributed by atoms with van der Waals surface area (Å²) >= 11 is 0. The van der Waals surface area contributed by atoms with Crippen molar-refractivity contribution in [1.29, 1.82) is 0 Å². The Hall–Kier alpha value is -2.69. The Balaban J connectivity index is 1.97. The van der Waals surface area contributed by atoms with E-state index in [4.69, 9.17) is 0 Å². The molecule has 2 aromatic rings. The van der Waals surface area contributed by atoms with Gasteiger partial charge in [-0.05, 0) is 31.0 Å². The number of benzene rings is 1. The fourth-order valence-corrected chi connectivity index (χ4v) is 2.25. The minimum atomic E-state index is -0.292. The Kier molecular flexibility index (Phi) is 6.49. The molecule has 5 nitrogen and oxygen atoms in total. The summed E-state index contributed by atoms with van der Waals surface area (Å²) in [4.78, 5) is 28.4. The van der Waals surface area contributed by atoms with Gasteiger partial charge in [-0.1, -0.05) is 49.2 Å². The average Bonchev–Trinajstić information content (AvgIpc) is 2.60. The molecule has 1 heterocycles. The van der Waals surface area contributed by atoms with Crippen molar-refractivity contribution in [3.63, 3.8) is 0 Å². The highest BCUT2D eigenvalue weighted by Gasteiger charge is 2.11. The number of aromatic nitrogens is 1. The van der Waals surface area contributed by atoms with Gasteiger partial charge in [-0.25, -0.2) is 4.98 Å². The first kappa shape index (κ1) is 17.7. The standard InChI is InChI=1S/C19H23N3O2/c1-3-4-11-20-18(23)16-9-6-10-17(22-16)19(24)21-13-15-8-5-7-14(2)12-15/h5-10,12H,3-4,11,13H2,1-2H3,(H,20,23)(H,21,24). The summed E-state index contributed by atoms with van der Waals surface area (Å²) in [6, 6.07) is 12.8. The first-order valence-corrected chi connectivity index (χ1v) is 8.19. The lowest BCUT2D eigenvalue weighted by Crippen LogP contribution is -2.28. The monoisotopic (exact) mass is 325 g/mol. The molecule has 2 N–H and O–H groups in total. The molecule has 0 radical (unpaired) electrons. The summed E-state index contributed by atoms with van der Waals surface area (Å²) < 4.78 is 0. The Morgan fingerprint density at radius 1 is 1.00 bits per heavy atom. The van der Waals surface area contributed by atoms with Crippen LogP contribution in [-0.2, 0) is 6.54 Å². The molecule has 2 amide bonds. The van der Waals surface area contributed by atoms with E-state index in [1.165, 1.54) is 0 Å². The lowest BCUT2D eigenvalue weighted by atomic mass is 10.1. The Morgan fingerprint density at radius 3 is 2.33 bits per heavy atom. The minimum Gasteiger partial charge on any atom is -0.351 e. The quantitative estimate of drug-likeness (QED) is 0.769. The van der Waals surface area contributed by atoms with E-state index in [0.717, 1.165) is 24.0 Å². The number of hydrogen-bond donors (Lipinski definition) is 2. The lowest BCUT2D eigenvalue weighted by Gasteiger charge is -2.07. The Labute approximate surface area is 142 Å². The summed E-state index contributed by atoms with van der Waals surface area (Å²) in [7, 11) is 0. The van der Waals surface area contributed by atoms with Crippen molar-refractivity contribution < 1.29 is 9.59 Å². The van der Waals surface area contributed by atoms with Crippen LogP contribution < -0.4 is 10.6 Å². The van der Waals surface area contributed by atoms with Crippen LogP contribution in [0, 0.1) is 6.92 Å². The van der Waals surface area contributed by atoms with Crippen LogP contribution in [0.25, 0.3) is 0 Å². The molecule has 24 heavy (non-hydrogen) atoms. The zero-order valence-corrected chi connectivity index (χ0v) is 14.1. The van der Waals surface area contributed by atoms with Gasteiger partial charge >= 0.3 is 0 Å². The molecule has 5 heteroatoms. The zero-order valence-electron chi connectivity index (χ0n) is 14.1. The number of aryl methyl sites for hydroxylation is 1. The van der Waals surface area contributed by atoms with Gasteiger partial charge in [0.1, 0.15) is 11.4 Å². The van der Waals surface area contributed by atoms with Crippen molar-refractivity contribution in [2.75, 3.05) is 6.54 Å². The number of unbranched alkanes of at least 4 members (excludes halogenated alkanes) is 1. The van der Waals surface area contributed by atoms with Gasteiger partial charge < -0.3 is 10.6 Å². The Bertz CT molecular complexity index is 713. The maximum Gasteiger partial charge on any atom is 0.270 e. The molecule has 0 aliphatic heterocycles. The summed E-state index contributed by atoms with van der Waals surface area (Å²) in [6.45, 7) is 5.10. The third-order valence-electron chi connectivity index (χ3n) is 3.57. The largest absolute Gasteiger partial charge is 0.351 e. The number of hydrogen-bond acceptors (Lipinski definition) is 3. The van der Waals surface area contributed by atoms with E-state index in [-0.39, 0.29) is 23.2 Å². The van der Waals surface area contributed by atoms with Crippen molar-refractivity contribution >= 4 is 11.8 Å². The van der Waals surface area contributed by atoms with E-state index < -0.39 is 0 Å². The van der Waals surface area contributed by atoms with E-state index in [1.807, 2.05) is 31.2 Å². The summed E-state index contributed by atoms with van der Waals surface area (Å²) in [5.41, 5.74) is 2.67. The molecule has 0 bridgehead atoms. The molecular weight excluding hydrogens is 302 g/mol. The van der Waals surface area contributed by atoms with Gasteiger partial charge in [0, 0.05) is 13.1 Å². The molecule has 0 saturated carbocycles. The van der Waals surface area contributed by atoms with Gasteiger partial charge in [-0.3, -0.25) is 9.59 Å². The van der Waals surface area contributed by atoms with Crippen molar-refractivity contribution in [3.8, 4) is 0 Å². The minimum absolute atomic E-state index is 0.241. The smallest absolute Gasteiger partial charge is 0.270 e. The number of carbonyl (C=O) groups excluding carboxylic acids is 2. The van der Waals surface area contributed by atoms with Crippen LogP contribution in [0.15, 0.2) is 42.5 Å². The molecular formula is C19H23N3O2. The number of rotatable bonds is 7. The van der Waals surface area contributed by atoms with Crippen LogP contribution in [0.4, 0.5) is 0 Å². The van der Waals surface area contributed by atoms with Crippen LogP contribution in [0.5, 0.6) is 0 Å². The number of amides is 2. The van der Waals surface area contributed by atoms with E-state index >= 15 is 0 Å². The molecule has 0 fully saturated rings. The van der Waals surface area contributed by atoms with Crippen LogP contribution in [-0.4, -0.2) is 23.3 Å². The van der Waals surface area contributed by atoms with E-state index in [9.17, 15) is 9.59 Å². The molecule has 0 unspecified atom stereocenters. The second-order valence-corrected chi connectivity index (χ2v) is 5.69. The molecule has 0 aliphatic rings. The number of carbonyl (C=O) groups is 2. The van der Waals surface area contributed by atoms with Crippen LogP contribution in [0.1, 0.15) is 51.9 Å². The van der Waals surface area contributed by atoms with Gasteiger partial charge in [0.25, 0.3) is 11.8 Å². The SMILES string of the molecule is CCCCNC(=O)c1cccc(C(=O)NCc2cccc(C)c2)n1. The molecule has 0 aliphatic carbocycles. The predicted molar refractivity (Wildman–Crippen MR) is 93.8 cm³/mol. The first-order valence-electron chi connectivity index (χ1n) is 8.19. The topological polar surface area (TPSA) is 71.1 Å². The fourth-order valence-electron chi connectivity index (χ4n) is 2.25. The predicted octanol–water partition coefficient (Wildman–Crippen LogP) is 2.85. The number of pyridine rings is 1. The van der Waals surface area contributed by atoms with E-state index in [0.29, 0.717) is 13.1 Å². The average molecular weight is 325 g/mol. The normalized spacial score (nSPS) is 10.2.